The molecule has 1 amide bonds. The second kappa shape index (κ2) is 6.72. The molecular weight excluding hydrogens is 332 g/mol. The van der Waals surface area contributed by atoms with E-state index in [1.807, 2.05) is 17.8 Å². The Morgan fingerprint density at radius 1 is 1.35 bits per heavy atom. The third kappa shape index (κ3) is 2.96. The smallest absolute Gasteiger partial charge is 0.261 e. The zero-order valence-electron chi connectivity index (χ0n) is 14.9. The molecule has 0 unspecified atom stereocenters. The summed E-state index contributed by atoms with van der Waals surface area (Å²) in [7, 11) is 1.87. The first-order chi connectivity index (χ1) is 12.5. The van der Waals surface area contributed by atoms with Crippen LogP contribution in [0, 0.1) is 5.92 Å². The summed E-state index contributed by atoms with van der Waals surface area (Å²) in [4.78, 5) is 33.9. The first kappa shape index (κ1) is 17.0. The molecule has 138 valence electrons. The number of piperidine rings is 1. The summed E-state index contributed by atoms with van der Waals surface area (Å²) in [5, 5.41) is 10.6. The van der Waals surface area contributed by atoms with E-state index >= 15 is 0 Å². The Morgan fingerprint density at radius 2 is 2.12 bits per heavy atom. The summed E-state index contributed by atoms with van der Waals surface area (Å²) >= 11 is 0. The van der Waals surface area contributed by atoms with E-state index in [1.54, 1.807) is 17.2 Å². The summed E-state index contributed by atoms with van der Waals surface area (Å²) in [6.45, 7) is 1.09. The number of amides is 1. The number of aliphatic hydroxyl groups excluding tert-OH is 1. The highest BCUT2D eigenvalue weighted by Gasteiger charge is 2.31. The summed E-state index contributed by atoms with van der Waals surface area (Å²) in [5.41, 5.74) is 2.02. The van der Waals surface area contributed by atoms with Crippen molar-refractivity contribution < 1.29 is 9.90 Å². The Hall–Kier alpha value is -2.41. The van der Waals surface area contributed by atoms with Crippen molar-refractivity contribution in [1.29, 1.82) is 0 Å². The van der Waals surface area contributed by atoms with E-state index in [0.717, 1.165) is 30.5 Å². The van der Waals surface area contributed by atoms with Crippen molar-refractivity contribution in [3.05, 3.63) is 51.5 Å². The number of carbonyl (C=O) groups excluding carboxylic acids is 1. The van der Waals surface area contributed by atoms with E-state index < -0.39 is 6.10 Å². The lowest BCUT2D eigenvalue weighted by molar-refractivity contribution is 0.0419. The molecule has 2 aromatic rings. The number of fused-ring (bicyclic) bond motifs is 1. The quantitative estimate of drug-likeness (QED) is 0.864. The van der Waals surface area contributed by atoms with Crippen LogP contribution in [0.1, 0.15) is 52.8 Å². The maximum Gasteiger partial charge on any atom is 0.261 e. The van der Waals surface area contributed by atoms with Gasteiger partial charge in [0.2, 0.25) is 0 Å². The van der Waals surface area contributed by atoms with Gasteiger partial charge in [0.05, 0.1) is 0 Å². The molecule has 2 N–H and O–H groups in total. The van der Waals surface area contributed by atoms with Gasteiger partial charge in [-0.2, -0.15) is 0 Å². The van der Waals surface area contributed by atoms with Gasteiger partial charge in [0, 0.05) is 38.2 Å². The van der Waals surface area contributed by atoms with E-state index in [0.29, 0.717) is 31.8 Å². The predicted molar refractivity (Wildman–Crippen MR) is 95.9 cm³/mol. The molecule has 1 aliphatic heterocycles. The Kier molecular flexibility index (Phi) is 4.40. The van der Waals surface area contributed by atoms with Crippen LogP contribution in [0.3, 0.4) is 0 Å². The topological polar surface area (TPSA) is 91.2 Å². The van der Waals surface area contributed by atoms with Gasteiger partial charge in [-0.05, 0) is 49.7 Å². The molecule has 0 aromatic carbocycles. The molecule has 2 aromatic heterocycles. The van der Waals surface area contributed by atoms with Crippen molar-refractivity contribution >= 4 is 5.91 Å². The zero-order chi connectivity index (χ0) is 18.3. The van der Waals surface area contributed by atoms with Gasteiger partial charge in [0.15, 0.2) is 0 Å². The number of likely N-dealkylation sites (tertiary alicyclic amines) is 1. The van der Waals surface area contributed by atoms with Gasteiger partial charge in [-0.3, -0.25) is 9.59 Å². The first-order valence-electron chi connectivity index (χ1n) is 9.24. The fourth-order valence-electron chi connectivity index (χ4n) is 4.13. The molecule has 0 saturated carbocycles. The number of nitrogens with zero attached hydrogens (tertiary/aromatic N) is 3. The summed E-state index contributed by atoms with van der Waals surface area (Å²) in [6, 6.07) is 1.78. The molecular formula is C19H24N4O3. The highest BCUT2D eigenvalue weighted by Crippen LogP contribution is 2.30. The Bertz CT molecular complexity index is 877. The van der Waals surface area contributed by atoms with Crippen LogP contribution in [0.5, 0.6) is 0 Å². The molecule has 1 aliphatic carbocycles. The maximum atomic E-state index is 12.8. The van der Waals surface area contributed by atoms with Gasteiger partial charge in [0.25, 0.3) is 11.5 Å². The molecule has 1 saturated heterocycles. The maximum absolute atomic E-state index is 12.8. The lowest BCUT2D eigenvalue weighted by Crippen LogP contribution is -2.42. The lowest BCUT2D eigenvalue weighted by atomic mass is 9.90. The van der Waals surface area contributed by atoms with Gasteiger partial charge in [0.1, 0.15) is 17.5 Å². The fraction of sp³-hybridized carbons (Fsp3) is 0.526. The average molecular weight is 356 g/mol. The normalized spacial score (nSPS) is 18.8. The Balaban J connectivity index is 1.44. The van der Waals surface area contributed by atoms with E-state index in [9.17, 15) is 14.7 Å². The number of H-pyrrole nitrogens is 1. The van der Waals surface area contributed by atoms with Crippen LogP contribution in [0.15, 0.2) is 23.3 Å². The van der Waals surface area contributed by atoms with E-state index in [4.69, 9.17) is 0 Å². The third-order valence-electron chi connectivity index (χ3n) is 5.71. The number of aryl methyl sites for hydroxylation is 3. The minimum absolute atomic E-state index is 0.0680. The SMILES string of the molecule is Cn1ccnc1[C@H](O)C1CCN(C(=O)c2cc3c([nH]c2=O)CCC3)CC1. The number of aliphatic hydroxyl groups is 1. The number of nitrogens with one attached hydrogen (secondary N) is 1. The molecule has 0 bridgehead atoms. The minimum Gasteiger partial charge on any atom is -0.385 e. The molecule has 1 fully saturated rings. The molecule has 26 heavy (non-hydrogen) atoms. The van der Waals surface area contributed by atoms with Crippen molar-refractivity contribution in [2.24, 2.45) is 13.0 Å². The van der Waals surface area contributed by atoms with Crippen molar-refractivity contribution in [2.45, 2.75) is 38.2 Å². The van der Waals surface area contributed by atoms with Crippen LogP contribution in [0.2, 0.25) is 0 Å². The average Bonchev–Trinajstić information content (AvgIpc) is 3.28. The molecule has 4 rings (SSSR count). The lowest BCUT2D eigenvalue weighted by Gasteiger charge is -2.34. The van der Waals surface area contributed by atoms with Crippen molar-refractivity contribution in [3.63, 3.8) is 0 Å². The Morgan fingerprint density at radius 3 is 2.81 bits per heavy atom. The van der Waals surface area contributed by atoms with Crippen molar-refractivity contribution in [3.8, 4) is 0 Å². The van der Waals surface area contributed by atoms with Crippen molar-refractivity contribution in [2.75, 3.05) is 13.1 Å². The number of carbonyl (C=O) groups is 1. The van der Waals surface area contributed by atoms with Gasteiger partial charge in [-0.1, -0.05) is 0 Å². The number of hydrogen-bond acceptors (Lipinski definition) is 4. The number of aromatic nitrogens is 3. The number of hydrogen-bond donors (Lipinski definition) is 2. The monoisotopic (exact) mass is 356 g/mol. The predicted octanol–water partition coefficient (Wildman–Crippen LogP) is 1.18. The van der Waals surface area contributed by atoms with Crippen LogP contribution in [-0.2, 0) is 19.9 Å². The summed E-state index contributed by atoms with van der Waals surface area (Å²) < 4.78 is 1.83. The molecule has 7 nitrogen and oxygen atoms in total. The Labute approximate surface area is 151 Å². The first-order valence-corrected chi connectivity index (χ1v) is 9.24. The van der Waals surface area contributed by atoms with Gasteiger partial charge < -0.3 is 19.6 Å². The largest absolute Gasteiger partial charge is 0.385 e. The molecule has 2 aliphatic rings. The van der Waals surface area contributed by atoms with Crippen LogP contribution in [0.4, 0.5) is 0 Å². The second-order valence-electron chi connectivity index (χ2n) is 7.34. The molecule has 7 heteroatoms. The third-order valence-corrected chi connectivity index (χ3v) is 5.71. The van der Waals surface area contributed by atoms with Crippen LogP contribution in [-0.4, -0.2) is 43.5 Å². The highest BCUT2D eigenvalue weighted by molar-refractivity contribution is 5.94. The standard InChI is InChI=1S/C19H24N4O3/c1-22-10-7-20-17(22)16(24)12-5-8-23(9-6-12)19(26)14-11-13-3-2-4-15(13)21-18(14)25/h7,10-12,16,24H,2-6,8-9H2,1H3,(H,21,25)/t16-/m1/s1. The van der Waals surface area contributed by atoms with E-state index in [-0.39, 0.29) is 22.9 Å². The number of pyridine rings is 1. The number of imidazole rings is 1. The van der Waals surface area contributed by atoms with Gasteiger partial charge >= 0.3 is 0 Å². The molecule has 0 radical (unpaired) electrons. The van der Waals surface area contributed by atoms with Gasteiger partial charge in [-0.25, -0.2) is 4.98 Å². The summed E-state index contributed by atoms with van der Waals surface area (Å²) in [6.07, 6.45) is 7.09. The van der Waals surface area contributed by atoms with Crippen LogP contribution in [0.25, 0.3) is 0 Å². The van der Waals surface area contributed by atoms with Crippen LogP contribution < -0.4 is 5.56 Å². The summed E-state index contributed by atoms with van der Waals surface area (Å²) in [5.74, 6) is 0.522. The number of aromatic amines is 1. The molecule has 1 atom stereocenters. The highest BCUT2D eigenvalue weighted by atomic mass is 16.3. The molecule has 0 spiro atoms. The van der Waals surface area contributed by atoms with Crippen molar-refractivity contribution in [1.82, 2.24) is 19.4 Å². The second-order valence-corrected chi connectivity index (χ2v) is 7.34. The fourth-order valence-corrected chi connectivity index (χ4v) is 4.13. The van der Waals surface area contributed by atoms with E-state index in [2.05, 4.69) is 9.97 Å². The number of rotatable bonds is 3. The molecule has 3 heterocycles. The van der Waals surface area contributed by atoms with E-state index in [1.165, 1.54) is 0 Å². The zero-order valence-corrected chi connectivity index (χ0v) is 14.9. The minimum atomic E-state index is -0.629. The van der Waals surface area contributed by atoms with Gasteiger partial charge in [-0.15, -0.1) is 0 Å². The van der Waals surface area contributed by atoms with Crippen LogP contribution >= 0.6 is 0 Å².